The zero-order valence-electron chi connectivity index (χ0n) is 12.9. The normalized spacial score (nSPS) is 11.7. The zero-order chi connectivity index (χ0) is 16.4. The predicted molar refractivity (Wildman–Crippen MR) is 93.2 cm³/mol. The minimum absolute atomic E-state index is 0.306. The first-order valence-corrected chi connectivity index (χ1v) is 7.61. The lowest BCUT2D eigenvalue weighted by atomic mass is 10.1. The van der Waals surface area contributed by atoms with E-state index in [9.17, 15) is 5.11 Å². The first-order chi connectivity index (χ1) is 11.0. The Morgan fingerprint density at radius 3 is 2.43 bits per heavy atom. The highest BCUT2D eigenvalue weighted by Crippen LogP contribution is 2.29. The molecular formula is C19H16ClNO2. The molecule has 0 fully saturated rings. The summed E-state index contributed by atoms with van der Waals surface area (Å²) in [6.45, 7) is 3.71. The maximum absolute atomic E-state index is 9.83. The average molecular weight is 326 g/mol. The number of hydrogen-bond acceptors (Lipinski definition) is 3. The maximum Gasteiger partial charge on any atom is 0.238 e. The molecule has 0 saturated carbocycles. The lowest BCUT2D eigenvalue weighted by molar-refractivity contribution is 0.467. The summed E-state index contributed by atoms with van der Waals surface area (Å²) in [6.07, 6.45) is 3.44. The summed E-state index contributed by atoms with van der Waals surface area (Å²) in [6, 6.07) is 13.5. The lowest BCUT2D eigenvalue weighted by Gasteiger charge is -2.05. The highest BCUT2D eigenvalue weighted by atomic mass is 35.5. The second kappa shape index (κ2) is 6.31. The van der Waals surface area contributed by atoms with E-state index in [1.54, 1.807) is 12.3 Å². The van der Waals surface area contributed by atoms with E-state index < -0.39 is 0 Å². The second-order valence-corrected chi connectivity index (χ2v) is 5.80. The summed E-state index contributed by atoms with van der Waals surface area (Å²) in [5, 5.41) is 10.2. The Morgan fingerprint density at radius 2 is 1.78 bits per heavy atom. The van der Waals surface area contributed by atoms with Crippen molar-refractivity contribution < 1.29 is 9.52 Å². The summed E-state index contributed by atoms with van der Waals surface area (Å²) in [5.74, 6) is 1.35. The van der Waals surface area contributed by atoms with E-state index in [-0.39, 0.29) is 0 Å². The Kier molecular flexibility index (Phi) is 4.22. The Hall–Kier alpha value is -2.52. The molecule has 1 N–H and O–H groups in total. The Bertz CT molecular complexity index is 843. The molecule has 0 atom stereocenters. The van der Waals surface area contributed by atoms with Gasteiger partial charge in [0, 0.05) is 5.56 Å². The first-order valence-electron chi connectivity index (χ1n) is 7.23. The number of halogens is 1. The van der Waals surface area contributed by atoms with Gasteiger partial charge in [0.2, 0.25) is 5.89 Å². The van der Waals surface area contributed by atoms with E-state index in [4.69, 9.17) is 16.0 Å². The maximum atomic E-state index is 9.83. The Balaban J connectivity index is 1.92. The van der Waals surface area contributed by atoms with Gasteiger partial charge in [-0.3, -0.25) is 0 Å². The van der Waals surface area contributed by atoms with Crippen molar-refractivity contribution in [2.75, 3.05) is 0 Å². The first kappa shape index (κ1) is 15.4. The van der Waals surface area contributed by atoms with Gasteiger partial charge in [-0.2, -0.15) is 0 Å². The van der Waals surface area contributed by atoms with Gasteiger partial charge in [0.15, 0.2) is 5.76 Å². The molecular weight excluding hydrogens is 310 g/mol. The summed E-state index contributed by atoms with van der Waals surface area (Å²) in [5.41, 5.74) is 3.45. The van der Waals surface area contributed by atoms with E-state index >= 15 is 0 Å². The van der Waals surface area contributed by atoms with Gasteiger partial charge in [0.05, 0.1) is 6.20 Å². The number of oxazole rings is 1. The van der Waals surface area contributed by atoms with Gasteiger partial charge in [-0.05, 0) is 48.7 Å². The molecule has 23 heavy (non-hydrogen) atoms. The molecule has 0 aliphatic carbocycles. The van der Waals surface area contributed by atoms with Gasteiger partial charge in [-0.25, -0.2) is 4.98 Å². The predicted octanol–water partition coefficient (Wildman–Crippen LogP) is 5.40. The van der Waals surface area contributed by atoms with Crippen molar-refractivity contribution in [3.8, 4) is 17.1 Å². The molecule has 0 bridgehead atoms. The zero-order valence-corrected chi connectivity index (χ0v) is 13.6. The van der Waals surface area contributed by atoms with Crippen LogP contribution in [0.2, 0.25) is 0 Å². The lowest BCUT2D eigenvalue weighted by Crippen LogP contribution is -1.84. The van der Waals surface area contributed by atoms with Gasteiger partial charge in [-0.1, -0.05) is 41.9 Å². The number of aromatic hydroxyl groups is 1. The van der Waals surface area contributed by atoms with E-state index in [0.717, 1.165) is 22.3 Å². The molecule has 3 nitrogen and oxygen atoms in total. The summed E-state index contributed by atoms with van der Waals surface area (Å²) >= 11 is 6.33. The van der Waals surface area contributed by atoms with Crippen molar-refractivity contribution in [3.05, 3.63) is 71.2 Å². The van der Waals surface area contributed by atoms with Crippen molar-refractivity contribution in [1.82, 2.24) is 4.98 Å². The highest BCUT2D eigenvalue weighted by Gasteiger charge is 2.10. The Labute approximate surface area is 139 Å². The summed E-state index contributed by atoms with van der Waals surface area (Å²) in [4.78, 5) is 4.23. The largest absolute Gasteiger partial charge is 0.507 e. The molecule has 0 spiro atoms. The molecule has 116 valence electrons. The molecule has 4 heteroatoms. The molecule has 0 radical (unpaired) electrons. The van der Waals surface area contributed by atoms with Crippen LogP contribution in [0.1, 0.15) is 22.6 Å². The summed E-state index contributed by atoms with van der Waals surface area (Å²) in [7, 11) is 0. The molecule has 2 aromatic carbocycles. The van der Waals surface area contributed by atoms with Crippen molar-refractivity contribution in [2.45, 2.75) is 13.8 Å². The highest BCUT2D eigenvalue weighted by molar-refractivity contribution is 6.50. The van der Waals surface area contributed by atoms with Crippen LogP contribution in [0.3, 0.4) is 0 Å². The third kappa shape index (κ3) is 3.30. The molecule has 0 unspecified atom stereocenters. The van der Waals surface area contributed by atoms with Crippen LogP contribution in [-0.4, -0.2) is 10.1 Å². The molecule has 1 heterocycles. The van der Waals surface area contributed by atoms with Crippen LogP contribution in [0.25, 0.3) is 22.4 Å². The number of nitrogens with zero attached hydrogens (tertiary/aromatic N) is 1. The van der Waals surface area contributed by atoms with Crippen LogP contribution < -0.4 is 0 Å². The fourth-order valence-electron chi connectivity index (χ4n) is 2.40. The van der Waals surface area contributed by atoms with Gasteiger partial charge in [-0.15, -0.1) is 0 Å². The third-order valence-electron chi connectivity index (χ3n) is 3.58. The van der Waals surface area contributed by atoms with Crippen molar-refractivity contribution >= 4 is 22.7 Å². The minimum Gasteiger partial charge on any atom is -0.507 e. The number of phenolic OH excluding ortho intramolecular Hbond substituents is 1. The van der Waals surface area contributed by atoms with Gasteiger partial charge in [0.1, 0.15) is 10.8 Å². The number of hydrogen-bond donors (Lipinski definition) is 1. The number of aryl methyl sites for hydroxylation is 2. The molecule has 0 aliphatic heterocycles. The van der Waals surface area contributed by atoms with Crippen LogP contribution >= 0.6 is 11.6 Å². The Morgan fingerprint density at radius 1 is 1.13 bits per heavy atom. The fraction of sp³-hybridized carbons (Fsp3) is 0.105. The van der Waals surface area contributed by atoms with Crippen molar-refractivity contribution in [1.29, 1.82) is 0 Å². The topological polar surface area (TPSA) is 46.3 Å². The number of benzene rings is 2. The smallest absolute Gasteiger partial charge is 0.238 e. The van der Waals surface area contributed by atoms with E-state index in [0.29, 0.717) is 22.4 Å². The number of aromatic nitrogens is 1. The van der Waals surface area contributed by atoms with Gasteiger partial charge in [0.25, 0.3) is 0 Å². The van der Waals surface area contributed by atoms with Crippen LogP contribution in [0, 0.1) is 13.8 Å². The monoisotopic (exact) mass is 325 g/mol. The van der Waals surface area contributed by atoms with Crippen LogP contribution in [-0.2, 0) is 0 Å². The average Bonchev–Trinajstić information content (AvgIpc) is 3.03. The van der Waals surface area contributed by atoms with Crippen molar-refractivity contribution in [3.63, 3.8) is 0 Å². The molecule has 0 amide bonds. The minimum atomic E-state index is 0.306. The van der Waals surface area contributed by atoms with E-state index in [1.807, 2.05) is 56.3 Å². The number of phenols is 1. The van der Waals surface area contributed by atoms with Crippen LogP contribution in [0.4, 0.5) is 0 Å². The van der Waals surface area contributed by atoms with Gasteiger partial charge >= 0.3 is 0 Å². The van der Waals surface area contributed by atoms with Crippen LogP contribution in [0.5, 0.6) is 5.75 Å². The molecule has 1 aromatic heterocycles. The molecule has 3 aromatic rings. The van der Waals surface area contributed by atoms with Crippen LogP contribution in [0.15, 0.2) is 53.1 Å². The molecule has 3 rings (SSSR count). The standard InChI is InChI=1S/C19H16ClNO2/c1-12-8-14(9-13(2)18(12)22)10-16(20)19-21-11-17(23-19)15-6-4-3-5-7-15/h3-11,22H,1-2H3/b16-10-. The summed E-state index contributed by atoms with van der Waals surface area (Å²) < 4.78 is 5.73. The quantitative estimate of drug-likeness (QED) is 0.701. The fourth-order valence-corrected chi connectivity index (χ4v) is 2.61. The van der Waals surface area contributed by atoms with Crippen molar-refractivity contribution in [2.24, 2.45) is 0 Å². The number of rotatable bonds is 3. The van der Waals surface area contributed by atoms with Gasteiger partial charge < -0.3 is 9.52 Å². The molecule has 0 aliphatic rings. The van der Waals surface area contributed by atoms with E-state index in [2.05, 4.69) is 4.98 Å². The SMILES string of the molecule is Cc1cc(/C=C(\Cl)c2ncc(-c3ccccc3)o2)cc(C)c1O. The molecule has 0 saturated heterocycles. The third-order valence-corrected chi connectivity index (χ3v) is 3.85. The second-order valence-electron chi connectivity index (χ2n) is 5.39. The van der Waals surface area contributed by atoms with E-state index in [1.165, 1.54) is 0 Å².